The molecule has 0 radical (unpaired) electrons. The maximum absolute atomic E-state index is 14.0. The highest BCUT2D eigenvalue weighted by molar-refractivity contribution is 9.10. The molecule has 1 aliphatic heterocycles. The van der Waals surface area contributed by atoms with Gasteiger partial charge in [-0.3, -0.25) is 9.59 Å². The molecule has 0 aromatic heterocycles. The van der Waals surface area contributed by atoms with Gasteiger partial charge in [-0.2, -0.15) is 10.5 Å². The molecule has 1 atom stereocenters. The summed E-state index contributed by atoms with van der Waals surface area (Å²) in [5.41, 5.74) is -1.37. The Kier molecular flexibility index (Phi) is 5.92. The summed E-state index contributed by atoms with van der Waals surface area (Å²) < 4.78 is 0.701. The normalized spacial score (nSPS) is 17.7. The molecular weight excluding hydrogens is 442 g/mol. The van der Waals surface area contributed by atoms with Crippen molar-refractivity contribution in [3.8, 4) is 12.1 Å². The van der Waals surface area contributed by atoms with Crippen molar-refractivity contribution in [1.82, 2.24) is 0 Å². The van der Waals surface area contributed by atoms with E-state index in [1.54, 1.807) is 17.0 Å². The summed E-state index contributed by atoms with van der Waals surface area (Å²) in [5.74, 6) is -0.686. The number of benzene rings is 2. The summed E-state index contributed by atoms with van der Waals surface area (Å²) in [6, 6.07) is 19.0. The van der Waals surface area contributed by atoms with Crippen molar-refractivity contribution < 1.29 is 9.59 Å². The Morgan fingerprint density at radius 3 is 2.47 bits per heavy atom. The molecule has 3 rings (SSSR count). The van der Waals surface area contributed by atoms with Crippen LogP contribution in [0.25, 0.3) is 0 Å². The van der Waals surface area contributed by atoms with Crippen molar-refractivity contribution in [2.75, 3.05) is 4.90 Å². The predicted molar refractivity (Wildman–Crippen MR) is 117 cm³/mol. The lowest BCUT2D eigenvalue weighted by Gasteiger charge is -2.37. The molecule has 0 N–H and O–H groups in total. The Hall–Kier alpha value is -3.22. The van der Waals surface area contributed by atoms with Crippen molar-refractivity contribution in [1.29, 1.82) is 10.5 Å². The molecule has 2 aromatic carbocycles. The van der Waals surface area contributed by atoms with E-state index in [1.165, 1.54) is 13.0 Å². The number of carbonyl (C=O) groups is 2. The smallest absolute Gasteiger partial charge is 0.241 e. The third-order valence-corrected chi connectivity index (χ3v) is 6.07. The molecule has 30 heavy (non-hydrogen) atoms. The number of hydrogen-bond donors (Lipinski definition) is 0. The minimum absolute atomic E-state index is 0.0375. The van der Waals surface area contributed by atoms with Crippen molar-refractivity contribution in [3.05, 3.63) is 76.8 Å². The first-order chi connectivity index (χ1) is 14.3. The summed E-state index contributed by atoms with van der Waals surface area (Å²) in [6.45, 7) is 5.33. The average molecular weight is 462 g/mol. The molecule has 6 heteroatoms. The van der Waals surface area contributed by atoms with Crippen LogP contribution in [0.4, 0.5) is 5.69 Å². The molecule has 0 saturated heterocycles. The first-order valence-corrected chi connectivity index (χ1v) is 10.2. The number of ketones is 1. The second-order valence-electron chi connectivity index (χ2n) is 7.44. The van der Waals surface area contributed by atoms with E-state index in [9.17, 15) is 20.1 Å². The number of nitrogens with zero attached hydrogens (tertiary/aromatic N) is 3. The van der Waals surface area contributed by atoms with Crippen LogP contribution in [0.1, 0.15) is 30.9 Å². The van der Waals surface area contributed by atoms with E-state index in [4.69, 9.17) is 0 Å². The van der Waals surface area contributed by atoms with Crippen molar-refractivity contribution in [2.45, 2.75) is 31.7 Å². The minimum Gasteiger partial charge on any atom is -0.307 e. The van der Waals surface area contributed by atoms with E-state index < -0.39 is 16.7 Å². The lowest BCUT2D eigenvalue weighted by Crippen LogP contribution is -2.52. The van der Waals surface area contributed by atoms with Crippen LogP contribution in [0.2, 0.25) is 0 Å². The highest BCUT2D eigenvalue weighted by Crippen LogP contribution is 2.56. The van der Waals surface area contributed by atoms with Gasteiger partial charge in [0.05, 0.1) is 18.7 Å². The summed E-state index contributed by atoms with van der Waals surface area (Å²) in [5, 5.41) is 20.2. The molecule has 2 aromatic rings. The van der Waals surface area contributed by atoms with E-state index >= 15 is 0 Å². The van der Waals surface area contributed by atoms with E-state index in [2.05, 4.69) is 34.6 Å². The van der Waals surface area contributed by atoms with E-state index in [0.717, 1.165) is 5.56 Å². The molecule has 0 spiro atoms. The number of fused-ring (bicyclic) bond motifs is 1. The molecule has 150 valence electrons. The SMILES string of the molecule is C=CCC(C#N)(C#N)C1(CC(C)=O)C(=O)N(Cc2ccccc2)c2ccc(Br)cc21. The van der Waals surface area contributed by atoms with Crippen molar-refractivity contribution in [2.24, 2.45) is 5.41 Å². The third kappa shape index (κ3) is 3.24. The van der Waals surface area contributed by atoms with Gasteiger partial charge in [0.1, 0.15) is 11.2 Å². The van der Waals surface area contributed by atoms with Gasteiger partial charge in [-0.15, -0.1) is 6.58 Å². The van der Waals surface area contributed by atoms with E-state index in [1.807, 2.05) is 36.4 Å². The average Bonchev–Trinajstić information content (AvgIpc) is 2.95. The van der Waals surface area contributed by atoms with Gasteiger partial charge >= 0.3 is 0 Å². The molecule has 0 fully saturated rings. The van der Waals surface area contributed by atoms with Gasteiger partial charge in [0.15, 0.2) is 5.41 Å². The van der Waals surface area contributed by atoms with Crippen LogP contribution < -0.4 is 4.90 Å². The standard InChI is InChI=1S/C24H20BrN3O2/c1-3-11-23(15-26,16-27)24(13-17(2)29)20-12-19(25)9-10-21(20)28(22(24)30)14-18-7-5-4-6-8-18/h3-10,12H,1,11,13-14H2,2H3. The zero-order valence-corrected chi connectivity index (χ0v) is 18.1. The number of carbonyl (C=O) groups excluding carboxylic acids is 2. The molecule has 5 nitrogen and oxygen atoms in total. The van der Waals surface area contributed by atoms with Gasteiger partial charge < -0.3 is 4.90 Å². The van der Waals surface area contributed by atoms with Crippen LogP contribution in [-0.2, 0) is 21.5 Å². The second kappa shape index (κ2) is 8.26. The summed E-state index contributed by atoms with van der Waals surface area (Å²) >= 11 is 3.44. The largest absolute Gasteiger partial charge is 0.307 e. The fraction of sp³-hybridized carbons (Fsp3) is 0.250. The quantitative estimate of drug-likeness (QED) is 0.552. The second-order valence-corrected chi connectivity index (χ2v) is 8.36. The Morgan fingerprint density at radius 2 is 1.90 bits per heavy atom. The van der Waals surface area contributed by atoms with Crippen LogP contribution in [0, 0.1) is 28.1 Å². The lowest BCUT2D eigenvalue weighted by molar-refractivity contribution is -0.130. The molecular formula is C24H20BrN3O2. The maximum Gasteiger partial charge on any atom is 0.241 e. The first-order valence-electron chi connectivity index (χ1n) is 9.44. The summed E-state index contributed by atoms with van der Waals surface area (Å²) in [7, 11) is 0. The van der Waals surface area contributed by atoms with E-state index in [0.29, 0.717) is 15.7 Å². The third-order valence-electron chi connectivity index (χ3n) is 5.58. The van der Waals surface area contributed by atoms with Crippen molar-refractivity contribution >= 4 is 33.3 Å². The van der Waals surface area contributed by atoms with Gasteiger partial charge in [0.25, 0.3) is 0 Å². The Morgan fingerprint density at radius 1 is 1.23 bits per heavy atom. The molecule has 1 heterocycles. The van der Waals surface area contributed by atoms with Gasteiger partial charge in [-0.25, -0.2) is 0 Å². The van der Waals surface area contributed by atoms with Crippen LogP contribution >= 0.6 is 15.9 Å². The Labute approximate surface area is 184 Å². The summed E-state index contributed by atoms with van der Waals surface area (Å²) in [4.78, 5) is 27.9. The predicted octanol–water partition coefficient (Wildman–Crippen LogP) is 4.82. The molecule has 0 aliphatic carbocycles. The minimum atomic E-state index is -1.77. The van der Waals surface area contributed by atoms with Gasteiger partial charge in [0, 0.05) is 16.6 Å². The van der Waals surface area contributed by atoms with E-state index in [-0.39, 0.29) is 25.2 Å². The molecule has 0 bridgehead atoms. The van der Waals surface area contributed by atoms with Crippen LogP contribution in [0.5, 0.6) is 0 Å². The maximum atomic E-state index is 14.0. The molecule has 1 aliphatic rings. The van der Waals surface area contributed by atoms with Crippen LogP contribution in [0.15, 0.2) is 65.7 Å². The first kappa shape index (κ1) is 21.5. The van der Waals surface area contributed by atoms with Crippen LogP contribution in [-0.4, -0.2) is 11.7 Å². The summed E-state index contributed by atoms with van der Waals surface area (Å²) in [6.07, 6.45) is 1.18. The number of rotatable bonds is 7. The number of halogens is 1. The zero-order chi connectivity index (χ0) is 21.9. The number of anilines is 1. The highest BCUT2D eigenvalue weighted by atomic mass is 79.9. The Bertz CT molecular complexity index is 1080. The lowest BCUT2D eigenvalue weighted by atomic mass is 9.58. The fourth-order valence-corrected chi connectivity index (χ4v) is 4.63. The number of amides is 1. The van der Waals surface area contributed by atoms with Crippen LogP contribution in [0.3, 0.4) is 0 Å². The number of allylic oxidation sites excluding steroid dienone is 1. The Balaban J connectivity index is 2.32. The van der Waals surface area contributed by atoms with Gasteiger partial charge in [0.2, 0.25) is 5.91 Å². The number of nitriles is 2. The topological polar surface area (TPSA) is 85.0 Å². The van der Waals surface area contributed by atoms with Crippen molar-refractivity contribution in [3.63, 3.8) is 0 Å². The molecule has 1 amide bonds. The highest BCUT2D eigenvalue weighted by Gasteiger charge is 2.64. The molecule has 0 saturated carbocycles. The zero-order valence-electron chi connectivity index (χ0n) is 16.6. The number of Topliss-reactive ketones (excluding diaryl/α,β-unsaturated/α-hetero) is 1. The molecule has 1 unspecified atom stereocenters. The van der Waals surface area contributed by atoms with Gasteiger partial charge in [-0.1, -0.05) is 52.3 Å². The van der Waals surface area contributed by atoms with Gasteiger partial charge in [-0.05, 0) is 42.7 Å². The number of hydrogen-bond acceptors (Lipinski definition) is 4. The monoisotopic (exact) mass is 461 g/mol. The fourth-order valence-electron chi connectivity index (χ4n) is 4.27.